The fraction of sp³-hybridized carbons (Fsp3) is 0.148. The van der Waals surface area contributed by atoms with Gasteiger partial charge in [-0.1, -0.05) is 30.3 Å². The molecule has 178 valence electrons. The second-order valence-electron chi connectivity index (χ2n) is 8.30. The fourth-order valence-electron chi connectivity index (χ4n) is 3.40. The third-order valence-electron chi connectivity index (χ3n) is 5.56. The highest BCUT2D eigenvalue weighted by atomic mass is 19.2. The van der Waals surface area contributed by atoms with Crippen molar-refractivity contribution in [3.63, 3.8) is 0 Å². The Balaban J connectivity index is 1.48. The Morgan fingerprint density at radius 3 is 2.09 bits per heavy atom. The van der Waals surface area contributed by atoms with Crippen LogP contribution in [0.1, 0.15) is 50.2 Å². The number of carbonyl (C=O) groups is 3. The Morgan fingerprint density at radius 2 is 1.49 bits per heavy atom. The number of amides is 3. The van der Waals surface area contributed by atoms with Crippen molar-refractivity contribution in [1.82, 2.24) is 10.6 Å². The van der Waals surface area contributed by atoms with Crippen LogP contribution in [-0.4, -0.2) is 23.8 Å². The molecule has 1 aliphatic rings. The SMILES string of the molecule is NC(=O)c1ccc(CNC(=O)c2ccc(/C=C(/C(=O)NC3CC3)c3ccc(F)c(F)c3)cc2)cc1. The van der Waals surface area contributed by atoms with Crippen LogP contribution in [-0.2, 0) is 11.3 Å². The van der Waals surface area contributed by atoms with Gasteiger partial charge in [0.1, 0.15) is 0 Å². The zero-order valence-corrected chi connectivity index (χ0v) is 18.7. The van der Waals surface area contributed by atoms with Crippen molar-refractivity contribution in [3.05, 3.63) is 106 Å². The van der Waals surface area contributed by atoms with Crippen molar-refractivity contribution in [2.24, 2.45) is 5.73 Å². The molecular formula is C27H23F2N3O3. The van der Waals surface area contributed by atoms with E-state index in [0.29, 0.717) is 16.7 Å². The molecule has 4 N–H and O–H groups in total. The summed E-state index contributed by atoms with van der Waals surface area (Å²) in [5.74, 6) is -3.22. The van der Waals surface area contributed by atoms with E-state index in [1.807, 2.05) is 0 Å². The summed E-state index contributed by atoms with van der Waals surface area (Å²) in [6.45, 7) is 0.265. The lowest BCUT2D eigenvalue weighted by Gasteiger charge is -2.10. The Bertz CT molecular complexity index is 1300. The largest absolute Gasteiger partial charge is 0.366 e. The van der Waals surface area contributed by atoms with Crippen molar-refractivity contribution in [3.8, 4) is 0 Å². The predicted octanol–water partition coefficient (Wildman–Crippen LogP) is 3.81. The van der Waals surface area contributed by atoms with E-state index in [9.17, 15) is 23.2 Å². The van der Waals surface area contributed by atoms with Crippen molar-refractivity contribution in [2.75, 3.05) is 0 Å². The Hall–Kier alpha value is -4.33. The van der Waals surface area contributed by atoms with E-state index in [0.717, 1.165) is 30.5 Å². The predicted molar refractivity (Wildman–Crippen MR) is 128 cm³/mol. The molecule has 3 aromatic carbocycles. The molecule has 0 spiro atoms. The van der Waals surface area contributed by atoms with Crippen LogP contribution >= 0.6 is 0 Å². The third kappa shape index (κ3) is 6.17. The second kappa shape index (κ2) is 10.3. The maximum absolute atomic E-state index is 13.8. The number of nitrogens with two attached hydrogens (primary N) is 1. The molecule has 1 aliphatic carbocycles. The Kier molecular flexibility index (Phi) is 7.01. The number of hydrogen-bond acceptors (Lipinski definition) is 3. The number of benzene rings is 3. The van der Waals surface area contributed by atoms with Crippen molar-refractivity contribution >= 4 is 29.4 Å². The van der Waals surface area contributed by atoms with E-state index in [1.54, 1.807) is 54.6 Å². The molecule has 35 heavy (non-hydrogen) atoms. The summed E-state index contributed by atoms with van der Waals surface area (Å²) >= 11 is 0. The third-order valence-corrected chi connectivity index (χ3v) is 5.56. The molecule has 6 nitrogen and oxygen atoms in total. The van der Waals surface area contributed by atoms with Crippen LogP contribution in [0.15, 0.2) is 66.7 Å². The lowest BCUT2D eigenvalue weighted by Crippen LogP contribution is -2.26. The average molecular weight is 475 g/mol. The first-order chi connectivity index (χ1) is 16.8. The maximum Gasteiger partial charge on any atom is 0.252 e. The van der Waals surface area contributed by atoms with Crippen LogP contribution in [0, 0.1) is 11.6 Å². The van der Waals surface area contributed by atoms with Gasteiger partial charge in [-0.05, 0) is 72.0 Å². The summed E-state index contributed by atoms with van der Waals surface area (Å²) in [4.78, 5) is 36.4. The molecule has 0 saturated heterocycles. The summed E-state index contributed by atoms with van der Waals surface area (Å²) in [7, 11) is 0. The van der Waals surface area contributed by atoms with Gasteiger partial charge in [0.05, 0.1) is 0 Å². The molecule has 3 aromatic rings. The quantitative estimate of drug-likeness (QED) is 0.341. The van der Waals surface area contributed by atoms with Crippen LogP contribution in [0.4, 0.5) is 8.78 Å². The molecule has 0 unspecified atom stereocenters. The van der Waals surface area contributed by atoms with E-state index in [4.69, 9.17) is 5.73 Å². The van der Waals surface area contributed by atoms with E-state index in [1.165, 1.54) is 6.07 Å². The highest BCUT2D eigenvalue weighted by Crippen LogP contribution is 2.24. The van der Waals surface area contributed by atoms with Gasteiger partial charge in [0.15, 0.2) is 11.6 Å². The number of nitrogens with one attached hydrogen (secondary N) is 2. The van der Waals surface area contributed by atoms with Crippen molar-refractivity contribution in [2.45, 2.75) is 25.4 Å². The van der Waals surface area contributed by atoms with E-state index < -0.39 is 17.5 Å². The van der Waals surface area contributed by atoms with Gasteiger partial charge in [-0.3, -0.25) is 14.4 Å². The summed E-state index contributed by atoms with van der Waals surface area (Å²) in [5.41, 5.74) is 7.90. The lowest BCUT2D eigenvalue weighted by molar-refractivity contribution is -0.115. The Morgan fingerprint density at radius 1 is 0.857 bits per heavy atom. The molecule has 3 amide bonds. The molecule has 0 aromatic heterocycles. The molecule has 0 radical (unpaired) electrons. The minimum Gasteiger partial charge on any atom is -0.366 e. The molecule has 8 heteroatoms. The number of primary amides is 1. The van der Waals surface area contributed by atoms with E-state index in [-0.39, 0.29) is 35.5 Å². The van der Waals surface area contributed by atoms with Gasteiger partial charge in [0.2, 0.25) is 5.91 Å². The van der Waals surface area contributed by atoms with Crippen LogP contribution in [0.5, 0.6) is 0 Å². The molecule has 1 saturated carbocycles. The molecule has 0 bridgehead atoms. The minimum atomic E-state index is -1.04. The average Bonchev–Trinajstić information content (AvgIpc) is 3.67. The zero-order chi connectivity index (χ0) is 24.9. The van der Waals surface area contributed by atoms with Crippen LogP contribution in [0.25, 0.3) is 11.6 Å². The Labute approximate surface area is 200 Å². The van der Waals surface area contributed by atoms with E-state index in [2.05, 4.69) is 10.6 Å². The normalized spacial score (nSPS) is 13.3. The first-order valence-corrected chi connectivity index (χ1v) is 11.0. The molecule has 1 fully saturated rings. The number of hydrogen-bond donors (Lipinski definition) is 3. The van der Waals surface area contributed by atoms with Crippen LogP contribution in [0.3, 0.4) is 0 Å². The first kappa shape index (κ1) is 23.8. The summed E-state index contributed by atoms with van der Waals surface area (Å²) in [6.07, 6.45) is 3.35. The molecule has 0 aliphatic heterocycles. The first-order valence-electron chi connectivity index (χ1n) is 11.0. The smallest absolute Gasteiger partial charge is 0.252 e. The summed E-state index contributed by atoms with van der Waals surface area (Å²) in [6, 6.07) is 16.6. The molecule has 0 heterocycles. The highest BCUT2D eigenvalue weighted by molar-refractivity contribution is 6.24. The summed E-state index contributed by atoms with van der Waals surface area (Å²) < 4.78 is 27.2. The lowest BCUT2D eigenvalue weighted by atomic mass is 10.0. The topological polar surface area (TPSA) is 101 Å². The van der Waals surface area contributed by atoms with Gasteiger partial charge in [-0.25, -0.2) is 8.78 Å². The van der Waals surface area contributed by atoms with Gasteiger partial charge in [0.25, 0.3) is 11.8 Å². The standard InChI is InChI=1S/C27H23F2N3O3/c28-23-12-9-20(14-24(23)29)22(27(35)32-21-10-11-21)13-16-1-7-19(8-2-16)26(34)31-15-17-3-5-18(6-4-17)25(30)33/h1-9,12-14,21H,10-11,15H2,(H2,30,33)(H,31,34)(H,32,35)/b22-13+. The monoisotopic (exact) mass is 475 g/mol. The highest BCUT2D eigenvalue weighted by Gasteiger charge is 2.25. The number of rotatable bonds is 8. The second-order valence-corrected chi connectivity index (χ2v) is 8.30. The number of carbonyl (C=O) groups excluding carboxylic acids is 3. The van der Waals surface area contributed by atoms with Crippen molar-refractivity contribution < 1.29 is 23.2 Å². The fourth-order valence-corrected chi connectivity index (χ4v) is 3.40. The molecule has 4 rings (SSSR count). The molecule has 0 atom stereocenters. The van der Waals surface area contributed by atoms with Gasteiger partial charge >= 0.3 is 0 Å². The van der Waals surface area contributed by atoms with Crippen LogP contribution < -0.4 is 16.4 Å². The minimum absolute atomic E-state index is 0.0919. The van der Waals surface area contributed by atoms with Gasteiger partial charge in [-0.2, -0.15) is 0 Å². The van der Waals surface area contributed by atoms with E-state index >= 15 is 0 Å². The van der Waals surface area contributed by atoms with Crippen LogP contribution in [0.2, 0.25) is 0 Å². The van der Waals surface area contributed by atoms with Gasteiger partial charge in [-0.15, -0.1) is 0 Å². The maximum atomic E-state index is 13.8. The molecular weight excluding hydrogens is 452 g/mol. The van der Waals surface area contributed by atoms with Gasteiger partial charge in [0, 0.05) is 29.3 Å². The summed E-state index contributed by atoms with van der Waals surface area (Å²) in [5, 5.41) is 5.66. The van der Waals surface area contributed by atoms with Crippen molar-refractivity contribution in [1.29, 1.82) is 0 Å². The number of halogens is 2. The van der Waals surface area contributed by atoms with Gasteiger partial charge < -0.3 is 16.4 Å². The zero-order valence-electron chi connectivity index (χ0n) is 18.7.